The van der Waals surface area contributed by atoms with Crippen LogP contribution in [0.1, 0.15) is 42.0 Å². The molecule has 31 heavy (non-hydrogen) atoms. The van der Waals surface area contributed by atoms with Crippen LogP contribution in [0.25, 0.3) is 10.9 Å². The molecular formula is C22H19ClN4O4. The highest BCUT2D eigenvalue weighted by molar-refractivity contribution is 6.30. The minimum absolute atomic E-state index is 0.0457. The van der Waals surface area contributed by atoms with Gasteiger partial charge in [-0.15, -0.1) is 0 Å². The Balaban J connectivity index is 1.66. The summed E-state index contributed by atoms with van der Waals surface area (Å²) < 4.78 is 9.63. The predicted molar refractivity (Wildman–Crippen MR) is 115 cm³/mol. The van der Waals surface area contributed by atoms with Gasteiger partial charge in [0.05, 0.1) is 12.3 Å². The van der Waals surface area contributed by atoms with Gasteiger partial charge < -0.3 is 5.32 Å². The molecule has 3 amide bonds. The van der Waals surface area contributed by atoms with Gasteiger partial charge in [-0.1, -0.05) is 17.7 Å². The number of aryl methyl sites for hydroxylation is 1. The molecule has 0 saturated carbocycles. The van der Waals surface area contributed by atoms with E-state index in [9.17, 15) is 19.2 Å². The van der Waals surface area contributed by atoms with Crippen molar-refractivity contribution in [3.05, 3.63) is 74.8 Å². The number of fused-ring (bicyclic) bond motifs is 1. The number of carbonyl (C=O) groups excluding carboxylic acids is 3. The third kappa shape index (κ3) is 4.20. The van der Waals surface area contributed by atoms with Gasteiger partial charge in [-0.05, 0) is 55.3 Å². The molecule has 8 nitrogen and oxygen atoms in total. The Bertz CT molecular complexity index is 1320. The molecule has 2 aromatic carbocycles. The van der Waals surface area contributed by atoms with Crippen LogP contribution in [0.2, 0.25) is 5.02 Å². The van der Waals surface area contributed by atoms with Crippen molar-refractivity contribution in [3.63, 3.8) is 0 Å². The van der Waals surface area contributed by atoms with Gasteiger partial charge >= 0.3 is 0 Å². The van der Waals surface area contributed by atoms with E-state index in [1.807, 2.05) is 0 Å². The number of hydrogen-bond acceptors (Lipinski definition) is 5. The first-order valence-electron chi connectivity index (χ1n) is 10.1. The molecule has 0 radical (unpaired) electrons. The van der Waals surface area contributed by atoms with Crippen LogP contribution >= 0.6 is 11.6 Å². The van der Waals surface area contributed by atoms with E-state index in [1.165, 1.54) is 0 Å². The Morgan fingerprint density at radius 2 is 2.00 bits per heavy atom. The molecule has 0 unspecified atom stereocenters. The largest absolute Gasteiger partial charge is 0.348 e. The highest BCUT2D eigenvalue weighted by Crippen LogP contribution is 2.20. The molecule has 0 spiro atoms. The van der Waals surface area contributed by atoms with E-state index in [1.54, 1.807) is 49.4 Å². The lowest BCUT2D eigenvalue weighted by Crippen LogP contribution is -2.45. The molecule has 158 valence electrons. The second-order valence-electron chi connectivity index (χ2n) is 7.16. The first-order chi connectivity index (χ1) is 15.2. The average Bonchev–Trinajstić information content (AvgIpc) is 2.76. The number of amides is 3. The van der Waals surface area contributed by atoms with Crippen molar-refractivity contribution in [2.45, 2.75) is 32.3 Å². The number of benzene rings is 2. The van der Waals surface area contributed by atoms with E-state index in [-0.39, 0.29) is 36.5 Å². The van der Waals surface area contributed by atoms with Crippen LogP contribution in [0.15, 0.2) is 47.3 Å². The van der Waals surface area contributed by atoms with Crippen LogP contribution in [0.4, 0.5) is 0 Å². The van der Waals surface area contributed by atoms with Crippen molar-refractivity contribution in [2.75, 3.05) is 0 Å². The smallest absolute Gasteiger partial charge is 0.262 e. The number of piperidine rings is 1. The standard InChI is InChI=1S/C22H19ClN4O4/c1-12-25-17-7-2-13(11-24-20(29)14-3-5-15(23)6-4-14)10-16(17)22(31)27(12)18-8-9-19(28)26-21(18)30/h2-7,10,18H,8-9,11H2,1H3,(H,24,29)(H,26,28,30)/t18-/m0/s1/i18D. The molecular weight excluding hydrogens is 420 g/mol. The van der Waals surface area contributed by atoms with Gasteiger partial charge in [0.15, 0.2) is 0 Å². The second kappa shape index (κ2) is 8.31. The summed E-state index contributed by atoms with van der Waals surface area (Å²) in [6.45, 7) is 1.70. The summed E-state index contributed by atoms with van der Waals surface area (Å²) in [5.41, 5.74) is 0.950. The molecule has 1 aromatic heterocycles. The highest BCUT2D eigenvalue weighted by atomic mass is 35.5. The highest BCUT2D eigenvalue weighted by Gasteiger charge is 2.30. The number of nitrogens with one attached hydrogen (secondary N) is 2. The fraction of sp³-hybridized carbons (Fsp3) is 0.227. The van der Waals surface area contributed by atoms with Gasteiger partial charge in [0, 0.05) is 23.6 Å². The van der Waals surface area contributed by atoms with E-state index >= 15 is 0 Å². The summed E-state index contributed by atoms with van der Waals surface area (Å²) in [6.07, 6.45) is -0.168. The van der Waals surface area contributed by atoms with Gasteiger partial charge in [0.25, 0.3) is 11.5 Å². The summed E-state index contributed by atoms with van der Waals surface area (Å²) >= 11 is 5.84. The van der Waals surface area contributed by atoms with Crippen molar-refractivity contribution in [1.82, 2.24) is 20.2 Å². The summed E-state index contributed by atoms with van der Waals surface area (Å²) in [5.74, 6) is -1.43. The van der Waals surface area contributed by atoms with Crippen molar-refractivity contribution < 1.29 is 15.8 Å². The van der Waals surface area contributed by atoms with Crippen LogP contribution in [0, 0.1) is 6.92 Å². The van der Waals surface area contributed by atoms with Gasteiger partial charge in [-0.3, -0.25) is 29.1 Å². The molecule has 1 aliphatic heterocycles. The van der Waals surface area contributed by atoms with E-state index in [0.29, 0.717) is 21.7 Å². The fourth-order valence-corrected chi connectivity index (χ4v) is 3.60. The number of halogens is 1. The quantitative estimate of drug-likeness (QED) is 0.606. The minimum atomic E-state index is -1.96. The fourth-order valence-electron chi connectivity index (χ4n) is 3.48. The van der Waals surface area contributed by atoms with Crippen LogP contribution in [-0.2, 0) is 16.1 Å². The minimum Gasteiger partial charge on any atom is -0.348 e. The van der Waals surface area contributed by atoms with Crippen molar-refractivity contribution in [1.29, 1.82) is 0 Å². The maximum absolute atomic E-state index is 13.3. The van der Waals surface area contributed by atoms with Gasteiger partial charge in [-0.2, -0.15) is 0 Å². The van der Waals surface area contributed by atoms with E-state index < -0.39 is 23.4 Å². The van der Waals surface area contributed by atoms with Crippen LogP contribution < -0.4 is 16.2 Å². The Kier molecular flexibility index (Phi) is 5.21. The maximum Gasteiger partial charge on any atom is 0.262 e. The predicted octanol–water partition coefficient (Wildman–Crippen LogP) is 2.27. The molecule has 1 atom stereocenters. The van der Waals surface area contributed by atoms with Crippen LogP contribution in [0.3, 0.4) is 0 Å². The lowest BCUT2D eigenvalue weighted by atomic mass is 10.0. The molecule has 1 fully saturated rings. The van der Waals surface area contributed by atoms with Crippen LogP contribution in [-0.4, -0.2) is 27.3 Å². The zero-order valence-electron chi connectivity index (χ0n) is 17.6. The molecule has 0 bridgehead atoms. The first kappa shape index (κ1) is 19.4. The van der Waals surface area contributed by atoms with Crippen LogP contribution in [0.5, 0.6) is 0 Å². The number of hydrogen-bond donors (Lipinski definition) is 2. The molecule has 0 aliphatic carbocycles. The molecule has 2 heterocycles. The van der Waals surface area contributed by atoms with Gasteiger partial charge in [0.2, 0.25) is 11.8 Å². The molecule has 9 heteroatoms. The van der Waals surface area contributed by atoms with E-state index in [4.69, 9.17) is 13.0 Å². The number of imide groups is 1. The molecule has 2 N–H and O–H groups in total. The number of carbonyl (C=O) groups is 3. The van der Waals surface area contributed by atoms with Gasteiger partial charge in [0.1, 0.15) is 11.8 Å². The Morgan fingerprint density at radius 1 is 1.26 bits per heavy atom. The van der Waals surface area contributed by atoms with E-state index in [2.05, 4.69) is 15.6 Å². The second-order valence-corrected chi connectivity index (χ2v) is 7.60. The van der Waals surface area contributed by atoms with Crippen molar-refractivity contribution in [2.24, 2.45) is 0 Å². The average molecular weight is 440 g/mol. The molecule has 4 rings (SSSR count). The Hall–Kier alpha value is -3.52. The summed E-state index contributed by atoms with van der Waals surface area (Å²) in [4.78, 5) is 53.9. The molecule has 1 saturated heterocycles. The third-order valence-corrected chi connectivity index (χ3v) is 5.29. The van der Waals surface area contributed by atoms with Gasteiger partial charge in [-0.25, -0.2) is 4.98 Å². The zero-order chi connectivity index (χ0) is 23.0. The molecule has 3 aromatic rings. The maximum atomic E-state index is 13.3. The normalized spacial score (nSPS) is 19.1. The number of nitrogens with zero attached hydrogens (tertiary/aromatic N) is 2. The Labute approximate surface area is 183 Å². The van der Waals surface area contributed by atoms with Crippen molar-refractivity contribution in [3.8, 4) is 0 Å². The van der Waals surface area contributed by atoms with Crippen molar-refractivity contribution >= 4 is 40.2 Å². The third-order valence-electron chi connectivity index (χ3n) is 5.03. The number of aromatic nitrogens is 2. The topological polar surface area (TPSA) is 110 Å². The first-order valence-corrected chi connectivity index (χ1v) is 9.98. The Morgan fingerprint density at radius 3 is 2.71 bits per heavy atom. The number of rotatable bonds is 4. The molecule has 1 aliphatic rings. The summed E-state index contributed by atoms with van der Waals surface area (Å²) in [6, 6.07) is 9.46. The monoisotopic (exact) mass is 439 g/mol. The summed E-state index contributed by atoms with van der Waals surface area (Å²) in [5, 5.41) is 5.64. The SMILES string of the molecule is [2H][C@]1(n2c(C)nc3ccc(CNC(=O)c4ccc(Cl)cc4)cc3c2=O)CCC(=O)NC1=O. The summed E-state index contributed by atoms with van der Waals surface area (Å²) in [7, 11) is 0. The lowest BCUT2D eigenvalue weighted by molar-refractivity contribution is -0.135. The zero-order valence-corrected chi connectivity index (χ0v) is 17.3. The van der Waals surface area contributed by atoms with E-state index in [0.717, 1.165) is 4.57 Å². The lowest BCUT2D eigenvalue weighted by Gasteiger charge is -2.24.